The summed E-state index contributed by atoms with van der Waals surface area (Å²) in [5.74, 6) is 0.862. The van der Waals surface area contributed by atoms with Crippen molar-refractivity contribution < 1.29 is 9.53 Å². The van der Waals surface area contributed by atoms with Crippen LogP contribution in [0, 0.1) is 11.3 Å². The molecular weight excluding hydrogens is 314 g/mol. The summed E-state index contributed by atoms with van der Waals surface area (Å²) in [5, 5.41) is 8.99. The van der Waals surface area contributed by atoms with Crippen molar-refractivity contribution in [1.82, 2.24) is 4.90 Å². The number of carbonyl (C=O) groups excluding carboxylic acids is 1. The molecule has 25 heavy (non-hydrogen) atoms. The van der Waals surface area contributed by atoms with Crippen LogP contribution in [0.3, 0.4) is 0 Å². The van der Waals surface area contributed by atoms with Crippen molar-refractivity contribution in [2.75, 3.05) is 37.7 Å². The first-order chi connectivity index (χ1) is 12.2. The van der Waals surface area contributed by atoms with Crippen LogP contribution >= 0.6 is 0 Å². The minimum atomic E-state index is -0.0187. The summed E-state index contributed by atoms with van der Waals surface area (Å²) in [6.07, 6.45) is 0. The number of carbonyl (C=O) groups is 1. The molecule has 0 radical (unpaired) electrons. The van der Waals surface area contributed by atoms with E-state index in [9.17, 15) is 4.79 Å². The number of nitrogens with zero attached hydrogens (tertiary/aromatic N) is 3. The summed E-state index contributed by atoms with van der Waals surface area (Å²) in [5.41, 5.74) is 2.15. The fourth-order valence-corrected chi connectivity index (χ4v) is 3.05. The number of ether oxygens (including phenoxy) is 1. The second-order valence-electron chi connectivity index (χ2n) is 5.87. The van der Waals surface area contributed by atoms with Crippen molar-refractivity contribution in [2.24, 2.45) is 0 Å². The molecule has 1 aliphatic rings. The Kier molecular flexibility index (Phi) is 5.20. The lowest BCUT2D eigenvalue weighted by Gasteiger charge is -2.36. The summed E-state index contributed by atoms with van der Waals surface area (Å²) < 4.78 is 5.71. The Balaban J connectivity index is 1.68. The number of amides is 1. The smallest absolute Gasteiger partial charge is 0.254 e. The van der Waals surface area contributed by atoms with E-state index in [4.69, 9.17) is 10.00 Å². The van der Waals surface area contributed by atoms with Gasteiger partial charge in [-0.1, -0.05) is 18.2 Å². The van der Waals surface area contributed by atoms with Crippen LogP contribution in [-0.2, 0) is 0 Å². The Hall–Kier alpha value is -3.00. The SMILES string of the molecule is CCOc1ccccc1N1CCN(C(=O)c2cccc(C#N)c2)CC1. The molecule has 5 nitrogen and oxygen atoms in total. The van der Waals surface area contributed by atoms with Gasteiger partial charge in [0.15, 0.2) is 0 Å². The normalized spacial score (nSPS) is 14.1. The van der Waals surface area contributed by atoms with Gasteiger partial charge >= 0.3 is 0 Å². The van der Waals surface area contributed by atoms with Gasteiger partial charge < -0.3 is 14.5 Å². The van der Waals surface area contributed by atoms with Crippen molar-refractivity contribution in [3.8, 4) is 11.8 Å². The Labute approximate surface area is 148 Å². The molecule has 0 N–H and O–H groups in total. The van der Waals surface area contributed by atoms with Gasteiger partial charge in [-0.05, 0) is 37.3 Å². The molecule has 3 rings (SSSR count). The van der Waals surface area contributed by atoms with Gasteiger partial charge in [-0.2, -0.15) is 5.26 Å². The lowest BCUT2D eigenvalue weighted by Crippen LogP contribution is -2.48. The molecule has 2 aromatic carbocycles. The zero-order valence-corrected chi connectivity index (χ0v) is 14.3. The second-order valence-corrected chi connectivity index (χ2v) is 5.87. The predicted octanol–water partition coefficient (Wildman–Crippen LogP) is 2.92. The van der Waals surface area contributed by atoms with Crippen LogP contribution in [0.5, 0.6) is 5.75 Å². The first-order valence-electron chi connectivity index (χ1n) is 8.49. The summed E-state index contributed by atoms with van der Waals surface area (Å²) in [6, 6.07) is 17.0. The molecule has 0 aliphatic carbocycles. The van der Waals surface area contributed by atoms with Crippen LogP contribution in [0.4, 0.5) is 5.69 Å². The largest absolute Gasteiger partial charge is 0.492 e. The number of rotatable bonds is 4. The molecule has 0 spiro atoms. The number of hydrogen-bond donors (Lipinski definition) is 0. The molecule has 1 fully saturated rings. The van der Waals surface area contributed by atoms with Crippen LogP contribution in [0.1, 0.15) is 22.8 Å². The highest BCUT2D eigenvalue weighted by Gasteiger charge is 2.23. The fraction of sp³-hybridized carbons (Fsp3) is 0.300. The first-order valence-corrected chi connectivity index (χ1v) is 8.49. The average Bonchev–Trinajstić information content (AvgIpc) is 2.68. The van der Waals surface area contributed by atoms with E-state index in [1.165, 1.54) is 0 Å². The lowest BCUT2D eigenvalue weighted by molar-refractivity contribution is 0.0746. The highest BCUT2D eigenvalue weighted by molar-refractivity contribution is 5.94. The third kappa shape index (κ3) is 3.74. The van der Waals surface area contributed by atoms with Crippen molar-refractivity contribution >= 4 is 11.6 Å². The minimum Gasteiger partial charge on any atom is -0.492 e. The van der Waals surface area contributed by atoms with Crippen LogP contribution < -0.4 is 9.64 Å². The van der Waals surface area contributed by atoms with E-state index in [-0.39, 0.29) is 5.91 Å². The third-order valence-electron chi connectivity index (χ3n) is 4.31. The monoisotopic (exact) mass is 335 g/mol. The minimum absolute atomic E-state index is 0.0187. The van der Waals surface area contributed by atoms with Gasteiger partial charge in [0.1, 0.15) is 5.75 Å². The molecule has 1 aliphatic heterocycles. The van der Waals surface area contributed by atoms with Crippen LogP contribution in [0.25, 0.3) is 0 Å². The molecule has 0 saturated carbocycles. The molecule has 5 heteroatoms. The van der Waals surface area contributed by atoms with Gasteiger partial charge in [0.05, 0.1) is 23.9 Å². The highest BCUT2D eigenvalue weighted by Crippen LogP contribution is 2.29. The van der Waals surface area contributed by atoms with E-state index in [1.54, 1.807) is 24.3 Å². The van der Waals surface area contributed by atoms with Gasteiger partial charge in [-0.3, -0.25) is 4.79 Å². The van der Waals surface area contributed by atoms with E-state index in [0.717, 1.165) is 24.5 Å². The summed E-state index contributed by atoms with van der Waals surface area (Å²) in [6.45, 7) is 5.42. The first kappa shape index (κ1) is 16.8. The average molecular weight is 335 g/mol. The number of hydrogen-bond acceptors (Lipinski definition) is 4. The topological polar surface area (TPSA) is 56.6 Å². The van der Waals surface area contributed by atoms with Crippen molar-refractivity contribution in [1.29, 1.82) is 5.26 Å². The lowest BCUT2D eigenvalue weighted by atomic mass is 10.1. The van der Waals surface area contributed by atoms with E-state index in [1.807, 2.05) is 30.0 Å². The summed E-state index contributed by atoms with van der Waals surface area (Å²) in [4.78, 5) is 16.7. The molecule has 2 aromatic rings. The standard InChI is InChI=1S/C20H21N3O2/c1-2-25-19-9-4-3-8-18(19)22-10-12-23(13-11-22)20(24)17-7-5-6-16(14-17)15-21/h3-9,14H,2,10-13H2,1H3. The van der Waals surface area contributed by atoms with Crippen molar-refractivity contribution in [3.05, 3.63) is 59.7 Å². The summed E-state index contributed by atoms with van der Waals surface area (Å²) in [7, 11) is 0. The molecule has 0 atom stereocenters. The molecule has 128 valence electrons. The van der Waals surface area contributed by atoms with Crippen LogP contribution in [0.2, 0.25) is 0 Å². The van der Waals surface area contributed by atoms with Gasteiger partial charge in [0.2, 0.25) is 0 Å². The molecule has 0 bridgehead atoms. The van der Waals surface area contributed by atoms with E-state index in [2.05, 4.69) is 17.0 Å². The van der Waals surface area contributed by atoms with E-state index >= 15 is 0 Å². The predicted molar refractivity (Wildman–Crippen MR) is 96.9 cm³/mol. The van der Waals surface area contributed by atoms with Crippen LogP contribution in [0.15, 0.2) is 48.5 Å². The highest BCUT2D eigenvalue weighted by atomic mass is 16.5. The molecule has 0 unspecified atom stereocenters. The third-order valence-corrected chi connectivity index (χ3v) is 4.31. The maximum atomic E-state index is 12.7. The quantitative estimate of drug-likeness (QED) is 0.862. The Morgan fingerprint density at radius 3 is 2.60 bits per heavy atom. The Morgan fingerprint density at radius 1 is 1.12 bits per heavy atom. The van der Waals surface area contributed by atoms with Gasteiger partial charge in [-0.25, -0.2) is 0 Å². The van der Waals surface area contributed by atoms with Crippen molar-refractivity contribution in [3.63, 3.8) is 0 Å². The number of benzene rings is 2. The number of piperazine rings is 1. The maximum Gasteiger partial charge on any atom is 0.254 e. The molecule has 1 heterocycles. The van der Waals surface area contributed by atoms with Crippen molar-refractivity contribution in [2.45, 2.75) is 6.92 Å². The van der Waals surface area contributed by atoms with Crippen LogP contribution in [-0.4, -0.2) is 43.6 Å². The number of para-hydroxylation sites is 2. The molecular formula is C20H21N3O2. The molecule has 1 amide bonds. The fourth-order valence-electron chi connectivity index (χ4n) is 3.05. The summed E-state index contributed by atoms with van der Waals surface area (Å²) >= 11 is 0. The number of nitriles is 1. The van der Waals surface area contributed by atoms with E-state index < -0.39 is 0 Å². The maximum absolute atomic E-state index is 12.7. The van der Waals surface area contributed by atoms with Gasteiger partial charge in [0, 0.05) is 31.7 Å². The Bertz CT molecular complexity index is 790. The Morgan fingerprint density at radius 2 is 1.88 bits per heavy atom. The van der Waals surface area contributed by atoms with Gasteiger partial charge in [0.25, 0.3) is 5.91 Å². The molecule has 0 aromatic heterocycles. The molecule has 1 saturated heterocycles. The zero-order chi connectivity index (χ0) is 17.6. The van der Waals surface area contributed by atoms with Gasteiger partial charge in [-0.15, -0.1) is 0 Å². The number of anilines is 1. The zero-order valence-electron chi connectivity index (χ0n) is 14.3. The second kappa shape index (κ2) is 7.71. The van der Waals surface area contributed by atoms with E-state index in [0.29, 0.717) is 30.8 Å².